The molecule has 0 aromatic carbocycles. The average Bonchev–Trinajstić information content (AvgIpc) is 2.29. The summed E-state index contributed by atoms with van der Waals surface area (Å²) in [6, 6.07) is 0. The number of piperidine rings is 1. The fraction of sp³-hybridized carbons (Fsp3) is 0.923. The Bertz CT molecular complexity index is 264. The van der Waals surface area contributed by atoms with E-state index in [4.69, 9.17) is 0 Å². The highest BCUT2D eigenvalue weighted by Gasteiger charge is 2.38. The third-order valence-corrected chi connectivity index (χ3v) is 3.66. The van der Waals surface area contributed by atoms with E-state index in [-0.39, 0.29) is 18.6 Å². The van der Waals surface area contributed by atoms with Gasteiger partial charge in [0, 0.05) is 24.8 Å². The molecule has 0 amide bonds. The Morgan fingerprint density at radius 1 is 1.39 bits per heavy atom. The van der Waals surface area contributed by atoms with Crippen molar-refractivity contribution in [1.29, 1.82) is 0 Å². The lowest BCUT2D eigenvalue weighted by atomic mass is 9.72. The Hall–Kier alpha value is -0.580. The molecule has 18 heavy (non-hydrogen) atoms. The van der Waals surface area contributed by atoms with Crippen LogP contribution < -0.4 is 5.32 Å². The number of rotatable bonds is 6. The molecule has 0 bridgehead atoms. The van der Waals surface area contributed by atoms with Crippen molar-refractivity contribution in [3.8, 4) is 0 Å². The number of carbonyl (C=O) groups is 1. The van der Waals surface area contributed by atoms with Crippen LogP contribution in [0.3, 0.4) is 0 Å². The van der Waals surface area contributed by atoms with Gasteiger partial charge in [0.2, 0.25) is 0 Å². The molecule has 0 aromatic heterocycles. The SMILES string of the molecule is CCCC1(C(=O)CCCC(F)(F)F)CCCNC1. The second kappa shape index (κ2) is 6.55. The van der Waals surface area contributed by atoms with Crippen LogP contribution in [0.25, 0.3) is 0 Å². The molecule has 2 nitrogen and oxygen atoms in total. The minimum absolute atomic E-state index is 0.0146. The zero-order valence-electron chi connectivity index (χ0n) is 10.9. The second-order valence-electron chi connectivity index (χ2n) is 5.20. The van der Waals surface area contributed by atoms with Crippen LogP contribution in [0.5, 0.6) is 0 Å². The fourth-order valence-corrected chi connectivity index (χ4v) is 2.75. The van der Waals surface area contributed by atoms with Crippen LogP contribution >= 0.6 is 0 Å². The highest BCUT2D eigenvalue weighted by molar-refractivity contribution is 5.85. The van der Waals surface area contributed by atoms with Crippen LogP contribution in [0.4, 0.5) is 13.2 Å². The first-order valence-electron chi connectivity index (χ1n) is 6.70. The van der Waals surface area contributed by atoms with Crippen molar-refractivity contribution in [3.05, 3.63) is 0 Å². The highest BCUT2D eigenvalue weighted by atomic mass is 19.4. The summed E-state index contributed by atoms with van der Waals surface area (Å²) in [6.45, 7) is 3.55. The highest BCUT2D eigenvalue weighted by Crippen LogP contribution is 2.35. The molecule has 0 saturated carbocycles. The van der Waals surface area contributed by atoms with Crippen molar-refractivity contribution in [2.45, 2.75) is 58.0 Å². The van der Waals surface area contributed by atoms with E-state index in [1.54, 1.807) is 0 Å². The van der Waals surface area contributed by atoms with E-state index in [1.807, 2.05) is 6.92 Å². The predicted molar refractivity (Wildman–Crippen MR) is 64.4 cm³/mol. The fourth-order valence-electron chi connectivity index (χ4n) is 2.75. The lowest BCUT2D eigenvalue weighted by Crippen LogP contribution is -2.45. The van der Waals surface area contributed by atoms with E-state index in [0.29, 0.717) is 6.54 Å². The summed E-state index contributed by atoms with van der Waals surface area (Å²) in [4.78, 5) is 12.2. The van der Waals surface area contributed by atoms with E-state index in [1.165, 1.54) is 0 Å². The molecule has 0 aromatic rings. The number of nitrogens with one attached hydrogen (secondary N) is 1. The molecule has 1 fully saturated rings. The lowest BCUT2D eigenvalue weighted by Gasteiger charge is -2.36. The van der Waals surface area contributed by atoms with Gasteiger partial charge in [-0.1, -0.05) is 13.3 Å². The molecule has 1 rings (SSSR count). The number of ketones is 1. The molecule has 1 atom stereocenters. The Kier molecular flexibility index (Phi) is 5.63. The quantitative estimate of drug-likeness (QED) is 0.797. The molecule has 1 aliphatic heterocycles. The van der Waals surface area contributed by atoms with Gasteiger partial charge in [0.05, 0.1) is 0 Å². The summed E-state index contributed by atoms with van der Waals surface area (Å²) < 4.78 is 36.2. The van der Waals surface area contributed by atoms with Crippen LogP contribution in [-0.2, 0) is 4.79 Å². The average molecular weight is 265 g/mol. The Balaban J connectivity index is 2.49. The summed E-state index contributed by atoms with van der Waals surface area (Å²) in [7, 11) is 0. The number of hydrogen-bond acceptors (Lipinski definition) is 2. The van der Waals surface area contributed by atoms with Crippen molar-refractivity contribution >= 4 is 5.78 Å². The van der Waals surface area contributed by atoms with Crippen molar-refractivity contribution in [2.75, 3.05) is 13.1 Å². The summed E-state index contributed by atoms with van der Waals surface area (Å²) in [5.41, 5.74) is -0.404. The molecule has 1 N–H and O–H groups in total. The first kappa shape index (κ1) is 15.5. The molecular formula is C13H22F3NO. The predicted octanol–water partition coefficient (Wildman–Crippen LogP) is 3.46. The number of hydrogen-bond donors (Lipinski definition) is 1. The van der Waals surface area contributed by atoms with Gasteiger partial charge < -0.3 is 5.32 Å². The minimum atomic E-state index is -4.15. The second-order valence-corrected chi connectivity index (χ2v) is 5.20. The van der Waals surface area contributed by atoms with Crippen LogP contribution in [0.2, 0.25) is 0 Å². The largest absolute Gasteiger partial charge is 0.389 e. The Morgan fingerprint density at radius 2 is 2.11 bits per heavy atom. The molecule has 0 aliphatic carbocycles. The zero-order chi connectivity index (χ0) is 13.6. The van der Waals surface area contributed by atoms with Crippen molar-refractivity contribution in [3.63, 3.8) is 0 Å². The molecule has 1 saturated heterocycles. The maximum absolute atomic E-state index is 12.2. The molecule has 5 heteroatoms. The van der Waals surface area contributed by atoms with Gasteiger partial charge >= 0.3 is 6.18 Å². The minimum Gasteiger partial charge on any atom is -0.316 e. The molecular weight excluding hydrogens is 243 g/mol. The van der Waals surface area contributed by atoms with Crippen LogP contribution in [0.1, 0.15) is 51.9 Å². The molecule has 1 heterocycles. The molecule has 0 spiro atoms. The van der Waals surface area contributed by atoms with Gasteiger partial charge in [-0.05, 0) is 32.2 Å². The maximum atomic E-state index is 12.2. The van der Waals surface area contributed by atoms with Crippen LogP contribution in [0.15, 0.2) is 0 Å². The van der Waals surface area contributed by atoms with Crippen molar-refractivity contribution in [1.82, 2.24) is 5.32 Å². The third-order valence-electron chi connectivity index (χ3n) is 3.66. The summed E-state index contributed by atoms with van der Waals surface area (Å²) >= 11 is 0. The monoisotopic (exact) mass is 265 g/mol. The van der Waals surface area contributed by atoms with E-state index >= 15 is 0 Å². The number of alkyl halides is 3. The van der Waals surface area contributed by atoms with Gasteiger partial charge in [-0.25, -0.2) is 0 Å². The van der Waals surface area contributed by atoms with Gasteiger partial charge in [0.15, 0.2) is 0 Å². The lowest BCUT2D eigenvalue weighted by molar-refractivity contribution is -0.139. The van der Waals surface area contributed by atoms with Crippen molar-refractivity contribution < 1.29 is 18.0 Å². The maximum Gasteiger partial charge on any atom is 0.389 e. The first-order chi connectivity index (χ1) is 8.40. The zero-order valence-corrected chi connectivity index (χ0v) is 10.9. The summed E-state index contributed by atoms with van der Waals surface area (Å²) in [6.07, 6.45) is -1.59. The van der Waals surface area contributed by atoms with Gasteiger partial charge in [-0.15, -0.1) is 0 Å². The topological polar surface area (TPSA) is 29.1 Å². The smallest absolute Gasteiger partial charge is 0.316 e. The van der Waals surface area contributed by atoms with Crippen molar-refractivity contribution in [2.24, 2.45) is 5.41 Å². The Morgan fingerprint density at radius 3 is 2.61 bits per heavy atom. The van der Waals surface area contributed by atoms with Gasteiger partial charge in [-0.3, -0.25) is 4.79 Å². The molecule has 0 radical (unpaired) electrons. The third kappa shape index (κ3) is 4.59. The molecule has 1 aliphatic rings. The Labute approximate surface area is 106 Å². The molecule has 1 unspecified atom stereocenters. The van der Waals surface area contributed by atoms with Gasteiger partial charge in [0.25, 0.3) is 0 Å². The standard InChI is InChI=1S/C13H22F3NO/c1-2-6-12(7-4-9-17-10-12)11(18)5-3-8-13(14,15)16/h17H,2-10H2,1H3. The molecule has 106 valence electrons. The number of Topliss-reactive ketones (excluding diaryl/α,β-unsaturated/α-hetero) is 1. The van der Waals surface area contributed by atoms with E-state index < -0.39 is 18.0 Å². The summed E-state index contributed by atoms with van der Waals surface area (Å²) in [5.74, 6) is 0.0146. The normalized spacial score (nSPS) is 25.1. The number of halogens is 3. The van der Waals surface area contributed by atoms with E-state index in [9.17, 15) is 18.0 Å². The van der Waals surface area contributed by atoms with E-state index in [0.717, 1.165) is 32.2 Å². The first-order valence-corrected chi connectivity index (χ1v) is 6.70. The van der Waals surface area contributed by atoms with Crippen LogP contribution in [0, 0.1) is 5.41 Å². The van der Waals surface area contributed by atoms with Crippen LogP contribution in [-0.4, -0.2) is 25.0 Å². The van der Waals surface area contributed by atoms with E-state index in [2.05, 4.69) is 5.32 Å². The van der Waals surface area contributed by atoms with Gasteiger partial charge in [0.1, 0.15) is 5.78 Å². The van der Waals surface area contributed by atoms with Gasteiger partial charge in [-0.2, -0.15) is 13.2 Å². The summed E-state index contributed by atoms with van der Waals surface area (Å²) in [5, 5.41) is 3.20. The number of carbonyl (C=O) groups excluding carboxylic acids is 1.